The molecule has 0 saturated heterocycles. The van der Waals surface area contributed by atoms with E-state index >= 15 is 0 Å². The van der Waals surface area contributed by atoms with Gasteiger partial charge in [0.25, 0.3) is 0 Å². The number of unbranched alkanes of at least 4 members (excludes halogenated alkanes) is 3. The SMILES string of the molecule is Cl.O=C(CCc1ccccc1)SOCCCCCCN(C[C@H](O)[C@@H](O)[C@H](O)[C@H](O)CO)C[C@H](O)[C@@H](O)[C@H](O)[C@H](O)CO. The molecule has 246 valence electrons. The lowest BCUT2D eigenvalue weighted by molar-refractivity contribution is -0.130. The number of halogens is 1. The Labute approximate surface area is 257 Å². The molecule has 13 nitrogen and oxygen atoms in total. The third-order valence-electron chi connectivity index (χ3n) is 6.61. The van der Waals surface area contributed by atoms with Crippen LogP contribution >= 0.6 is 24.4 Å². The van der Waals surface area contributed by atoms with E-state index in [1.165, 1.54) is 4.90 Å². The van der Waals surface area contributed by atoms with Crippen molar-refractivity contribution in [1.29, 1.82) is 0 Å². The molecule has 8 atom stereocenters. The van der Waals surface area contributed by atoms with E-state index in [4.69, 9.17) is 14.4 Å². The molecular weight excluding hydrogens is 598 g/mol. The molecule has 0 spiro atoms. The van der Waals surface area contributed by atoms with E-state index in [9.17, 15) is 45.6 Å². The molecule has 0 aliphatic heterocycles. The smallest absolute Gasteiger partial charge is 0.215 e. The van der Waals surface area contributed by atoms with Crippen molar-refractivity contribution in [2.45, 2.75) is 87.4 Å². The second-order valence-electron chi connectivity index (χ2n) is 10.0. The largest absolute Gasteiger partial charge is 0.394 e. The number of benzene rings is 1. The number of hydrogen-bond donors (Lipinski definition) is 10. The lowest BCUT2D eigenvalue weighted by Crippen LogP contribution is -2.53. The first-order valence-corrected chi connectivity index (χ1v) is 14.5. The number of carbonyl (C=O) groups excluding carboxylic acids is 1. The summed E-state index contributed by atoms with van der Waals surface area (Å²) in [6, 6.07) is 9.68. The monoisotopic (exact) mass is 645 g/mol. The van der Waals surface area contributed by atoms with Gasteiger partial charge in [0.2, 0.25) is 5.12 Å². The summed E-state index contributed by atoms with van der Waals surface area (Å²) in [7, 11) is 0. The Kier molecular flexibility index (Phi) is 22.9. The van der Waals surface area contributed by atoms with Crippen LogP contribution < -0.4 is 0 Å². The molecular formula is C27H48ClNO12S. The molecule has 0 saturated carbocycles. The number of nitrogens with zero attached hydrogens (tertiary/aromatic N) is 1. The van der Waals surface area contributed by atoms with E-state index in [0.29, 0.717) is 38.7 Å². The zero-order valence-corrected chi connectivity index (χ0v) is 25.2. The van der Waals surface area contributed by atoms with E-state index in [1.54, 1.807) is 0 Å². The molecule has 0 radical (unpaired) electrons. The van der Waals surface area contributed by atoms with Gasteiger partial charge in [-0.15, -0.1) is 12.4 Å². The van der Waals surface area contributed by atoms with Crippen LogP contribution in [0.15, 0.2) is 30.3 Å². The van der Waals surface area contributed by atoms with Gasteiger partial charge in [0.1, 0.15) is 36.6 Å². The highest BCUT2D eigenvalue weighted by Crippen LogP contribution is 2.14. The van der Waals surface area contributed by atoms with Crippen LogP contribution in [0, 0.1) is 0 Å². The minimum absolute atomic E-state index is 0. The summed E-state index contributed by atoms with van der Waals surface area (Å²) < 4.78 is 5.38. The Balaban J connectivity index is 0.0000168. The molecule has 1 aromatic rings. The fourth-order valence-electron chi connectivity index (χ4n) is 4.02. The average molecular weight is 646 g/mol. The Morgan fingerprint density at radius 3 is 1.69 bits per heavy atom. The van der Waals surface area contributed by atoms with Crippen molar-refractivity contribution in [3.05, 3.63) is 35.9 Å². The van der Waals surface area contributed by atoms with Crippen LogP contribution in [0.25, 0.3) is 0 Å². The third-order valence-corrected chi connectivity index (χ3v) is 7.28. The van der Waals surface area contributed by atoms with E-state index in [2.05, 4.69) is 0 Å². The van der Waals surface area contributed by atoms with Crippen molar-refractivity contribution in [1.82, 2.24) is 4.90 Å². The summed E-state index contributed by atoms with van der Waals surface area (Å²) in [5.41, 5.74) is 1.08. The highest BCUT2D eigenvalue weighted by Gasteiger charge is 2.34. The number of aliphatic hydroxyl groups excluding tert-OH is 10. The highest BCUT2D eigenvalue weighted by atomic mass is 35.5. The van der Waals surface area contributed by atoms with Crippen LogP contribution in [-0.4, -0.2) is 149 Å². The first kappa shape index (κ1) is 41.0. The first-order chi connectivity index (χ1) is 19.5. The van der Waals surface area contributed by atoms with Gasteiger partial charge in [0, 0.05) is 19.5 Å². The lowest BCUT2D eigenvalue weighted by Gasteiger charge is -2.33. The molecule has 0 amide bonds. The third kappa shape index (κ3) is 16.2. The predicted octanol–water partition coefficient (Wildman–Crippen LogP) is -2.03. The Hall–Kier alpha value is -0.950. The normalized spacial score (nSPS) is 17.5. The maximum absolute atomic E-state index is 12.0. The van der Waals surface area contributed by atoms with Crippen molar-refractivity contribution in [2.24, 2.45) is 0 Å². The molecule has 0 bridgehead atoms. The van der Waals surface area contributed by atoms with Crippen LogP contribution in [0.4, 0.5) is 0 Å². The lowest BCUT2D eigenvalue weighted by atomic mass is 10.0. The van der Waals surface area contributed by atoms with Crippen LogP contribution in [0.1, 0.15) is 37.7 Å². The number of aliphatic hydroxyl groups is 10. The minimum Gasteiger partial charge on any atom is -0.394 e. The average Bonchev–Trinajstić information content (AvgIpc) is 2.98. The van der Waals surface area contributed by atoms with Crippen LogP contribution in [0.5, 0.6) is 0 Å². The second-order valence-corrected chi connectivity index (χ2v) is 10.9. The fourth-order valence-corrected chi connectivity index (χ4v) is 4.54. The highest BCUT2D eigenvalue weighted by molar-refractivity contribution is 8.09. The van der Waals surface area contributed by atoms with Crippen molar-refractivity contribution in [2.75, 3.05) is 39.5 Å². The Bertz CT molecular complexity index is 787. The van der Waals surface area contributed by atoms with Crippen molar-refractivity contribution < 1.29 is 60.0 Å². The minimum atomic E-state index is -1.84. The molecule has 1 rings (SSSR count). The number of carbonyl (C=O) groups is 1. The quantitative estimate of drug-likeness (QED) is 0.0457. The summed E-state index contributed by atoms with van der Waals surface area (Å²) in [4.78, 5) is 13.4. The van der Waals surface area contributed by atoms with E-state index in [-0.39, 0.29) is 37.2 Å². The predicted molar refractivity (Wildman–Crippen MR) is 158 cm³/mol. The van der Waals surface area contributed by atoms with Gasteiger partial charge < -0.3 is 55.2 Å². The summed E-state index contributed by atoms with van der Waals surface area (Å²) >= 11 is 0.837. The first-order valence-electron chi connectivity index (χ1n) is 13.8. The zero-order chi connectivity index (χ0) is 30.8. The maximum Gasteiger partial charge on any atom is 0.215 e. The van der Waals surface area contributed by atoms with Gasteiger partial charge in [0.05, 0.1) is 44.1 Å². The van der Waals surface area contributed by atoms with Crippen LogP contribution in [0.3, 0.4) is 0 Å². The molecule has 0 unspecified atom stereocenters. The standard InChI is InChI=1S/C27H47NO12S.ClH/c29-16-21(33)26(38)24(36)19(31)14-28(15-20(32)25(37)27(39)22(34)17-30)12-6-1-2-7-13-40-41-23(35)11-10-18-8-4-3-5-9-18;/h3-5,8-9,19-22,24-27,29-34,36-39H,1-2,6-7,10-17H2;1H/t19-,20-,21+,22+,24+,25+,26+,27+;/m0./s1. The Morgan fingerprint density at radius 2 is 1.19 bits per heavy atom. The van der Waals surface area contributed by atoms with Gasteiger partial charge in [0.15, 0.2) is 0 Å². The van der Waals surface area contributed by atoms with Crippen molar-refractivity contribution in [3.63, 3.8) is 0 Å². The maximum atomic E-state index is 12.0. The van der Waals surface area contributed by atoms with Gasteiger partial charge >= 0.3 is 0 Å². The van der Waals surface area contributed by atoms with E-state index in [1.807, 2.05) is 30.3 Å². The summed E-state index contributed by atoms with van der Waals surface area (Å²) in [6.07, 6.45) is -10.2. The van der Waals surface area contributed by atoms with Gasteiger partial charge in [-0.25, -0.2) is 0 Å². The molecule has 15 heteroatoms. The second kappa shape index (κ2) is 23.4. The summed E-state index contributed by atoms with van der Waals surface area (Å²) in [5.74, 6) is 0. The topological polar surface area (TPSA) is 232 Å². The summed E-state index contributed by atoms with van der Waals surface area (Å²) in [6.45, 7) is -1.65. The van der Waals surface area contributed by atoms with Gasteiger partial charge in [-0.2, -0.15) is 0 Å². The number of rotatable bonds is 23. The molecule has 10 N–H and O–H groups in total. The molecule has 0 aliphatic carbocycles. The van der Waals surface area contributed by atoms with Gasteiger partial charge in [-0.05, 0) is 31.4 Å². The summed E-state index contributed by atoms with van der Waals surface area (Å²) in [5, 5.41) is 97.8. The molecule has 0 heterocycles. The van der Waals surface area contributed by atoms with Crippen molar-refractivity contribution >= 4 is 29.6 Å². The molecule has 0 fully saturated rings. The van der Waals surface area contributed by atoms with Crippen molar-refractivity contribution in [3.8, 4) is 0 Å². The molecule has 42 heavy (non-hydrogen) atoms. The number of aryl methyl sites for hydroxylation is 1. The molecule has 0 aromatic heterocycles. The fraction of sp³-hybridized carbons (Fsp3) is 0.741. The van der Waals surface area contributed by atoms with E-state index < -0.39 is 62.0 Å². The molecule has 0 aliphatic rings. The van der Waals surface area contributed by atoms with Crippen LogP contribution in [-0.2, 0) is 15.4 Å². The van der Waals surface area contributed by atoms with Gasteiger partial charge in [-0.1, -0.05) is 43.2 Å². The molecule has 1 aromatic carbocycles. The van der Waals surface area contributed by atoms with Gasteiger partial charge in [-0.3, -0.25) is 9.69 Å². The van der Waals surface area contributed by atoms with Crippen LogP contribution in [0.2, 0.25) is 0 Å². The Morgan fingerprint density at radius 1 is 0.714 bits per heavy atom. The number of hydrogen-bond acceptors (Lipinski definition) is 14. The zero-order valence-electron chi connectivity index (χ0n) is 23.5. The van der Waals surface area contributed by atoms with E-state index in [0.717, 1.165) is 24.0 Å².